The molecule has 0 spiro atoms. The molecule has 1 N–H and O–H groups in total. The number of anilines is 1. The van der Waals surface area contributed by atoms with E-state index in [1.54, 1.807) is 24.3 Å². The zero-order chi connectivity index (χ0) is 20.9. The second-order valence-corrected chi connectivity index (χ2v) is 5.74. The number of alkyl halides is 3. The van der Waals surface area contributed by atoms with Crippen LogP contribution in [0.4, 0.5) is 19.1 Å². The SMILES string of the molecule is COc1ccc(-c2cnnc(NCc3ccccc3OC(F)(F)F)n2)cc1OC. The number of halogens is 3. The Balaban J connectivity index is 1.78. The topological polar surface area (TPSA) is 78.4 Å². The number of hydrogen-bond acceptors (Lipinski definition) is 7. The smallest absolute Gasteiger partial charge is 0.493 e. The van der Waals surface area contributed by atoms with Gasteiger partial charge in [-0.05, 0) is 24.3 Å². The van der Waals surface area contributed by atoms with Gasteiger partial charge >= 0.3 is 6.36 Å². The van der Waals surface area contributed by atoms with Crippen molar-refractivity contribution in [1.29, 1.82) is 0 Å². The highest BCUT2D eigenvalue weighted by Gasteiger charge is 2.31. The Morgan fingerprint density at radius 2 is 1.72 bits per heavy atom. The van der Waals surface area contributed by atoms with Crippen molar-refractivity contribution in [3.8, 4) is 28.5 Å². The fraction of sp³-hybridized carbons (Fsp3) is 0.211. The van der Waals surface area contributed by atoms with Crippen LogP contribution < -0.4 is 19.5 Å². The summed E-state index contributed by atoms with van der Waals surface area (Å²) in [5.41, 5.74) is 1.51. The number of para-hydroxylation sites is 1. The number of aromatic nitrogens is 3. The molecule has 0 radical (unpaired) electrons. The number of rotatable bonds is 7. The number of ether oxygens (including phenoxy) is 3. The summed E-state index contributed by atoms with van der Waals surface area (Å²) >= 11 is 0. The Morgan fingerprint density at radius 3 is 2.45 bits per heavy atom. The quantitative estimate of drug-likeness (QED) is 0.634. The molecule has 0 unspecified atom stereocenters. The van der Waals surface area contributed by atoms with Crippen molar-refractivity contribution < 1.29 is 27.4 Å². The Hall–Kier alpha value is -3.56. The van der Waals surface area contributed by atoms with Crippen molar-refractivity contribution in [3.05, 3.63) is 54.2 Å². The Kier molecular flexibility index (Phi) is 6.01. The van der Waals surface area contributed by atoms with Crippen molar-refractivity contribution >= 4 is 5.95 Å². The predicted octanol–water partition coefficient (Wildman–Crippen LogP) is 4.07. The summed E-state index contributed by atoms with van der Waals surface area (Å²) in [6.45, 7) is 0.0172. The average molecular weight is 406 g/mol. The minimum Gasteiger partial charge on any atom is -0.493 e. The molecule has 0 atom stereocenters. The standard InChI is InChI=1S/C19H17F3N4O3/c1-27-16-8-7-12(9-17(16)28-2)14-11-24-26-18(25-14)23-10-13-5-3-4-6-15(13)29-19(20,21)22/h3-9,11H,10H2,1-2H3,(H,23,25,26). The van der Waals surface area contributed by atoms with Gasteiger partial charge in [0.15, 0.2) is 11.5 Å². The molecule has 0 saturated heterocycles. The minimum absolute atomic E-state index is 0.0172. The van der Waals surface area contributed by atoms with Crippen molar-refractivity contribution in [2.24, 2.45) is 0 Å². The normalized spacial score (nSPS) is 11.1. The zero-order valence-corrected chi connectivity index (χ0v) is 15.5. The highest BCUT2D eigenvalue weighted by atomic mass is 19.4. The molecule has 0 fully saturated rings. The van der Waals surface area contributed by atoms with Gasteiger partial charge in [0.1, 0.15) is 5.75 Å². The predicted molar refractivity (Wildman–Crippen MR) is 98.8 cm³/mol. The molecule has 0 amide bonds. The molecular weight excluding hydrogens is 389 g/mol. The Morgan fingerprint density at radius 1 is 0.966 bits per heavy atom. The molecule has 1 aromatic heterocycles. The molecule has 3 rings (SSSR count). The molecule has 152 valence electrons. The lowest BCUT2D eigenvalue weighted by Crippen LogP contribution is -2.18. The van der Waals surface area contributed by atoms with Crippen LogP contribution in [0.2, 0.25) is 0 Å². The lowest BCUT2D eigenvalue weighted by molar-refractivity contribution is -0.274. The maximum absolute atomic E-state index is 12.5. The van der Waals surface area contributed by atoms with E-state index < -0.39 is 6.36 Å². The second kappa shape index (κ2) is 8.63. The first-order chi connectivity index (χ1) is 13.9. The first-order valence-corrected chi connectivity index (χ1v) is 8.39. The van der Waals surface area contributed by atoms with Gasteiger partial charge in [0.05, 0.1) is 26.1 Å². The van der Waals surface area contributed by atoms with Gasteiger partial charge in [0.25, 0.3) is 0 Å². The molecule has 0 aliphatic rings. The highest BCUT2D eigenvalue weighted by Crippen LogP contribution is 2.31. The summed E-state index contributed by atoms with van der Waals surface area (Å²) in [6, 6.07) is 11.1. The summed E-state index contributed by atoms with van der Waals surface area (Å²) in [7, 11) is 3.06. The number of benzene rings is 2. The molecule has 0 aliphatic carbocycles. The molecule has 10 heteroatoms. The van der Waals surface area contributed by atoms with Crippen LogP contribution in [0.5, 0.6) is 17.2 Å². The van der Waals surface area contributed by atoms with Crippen LogP contribution in [-0.2, 0) is 6.54 Å². The van der Waals surface area contributed by atoms with E-state index in [9.17, 15) is 13.2 Å². The van der Waals surface area contributed by atoms with Gasteiger partial charge in [-0.3, -0.25) is 0 Å². The highest BCUT2D eigenvalue weighted by molar-refractivity contribution is 5.64. The minimum atomic E-state index is -4.78. The molecule has 7 nitrogen and oxygen atoms in total. The van der Waals surface area contributed by atoms with Gasteiger partial charge < -0.3 is 19.5 Å². The van der Waals surface area contributed by atoms with Gasteiger partial charge in [-0.25, -0.2) is 4.98 Å². The van der Waals surface area contributed by atoms with Crippen LogP contribution in [0, 0.1) is 0 Å². The first kappa shape index (κ1) is 20.2. The zero-order valence-electron chi connectivity index (χ0n) is 15.5. The molecular formula is C19H17F3N4O3. The molecule has 1 heterocycles. The van der Waals surface area contributed by atoms with Crippen LogP contribution in [0.1, 0.15) is 5.56 Å². The lowest BCUT2D eigenvalue weighted by atomic mass is 10.1. The number of nitrogens with one attached hydrogen (secondary N) is 1. The van der Waals surface area contributed by atoms with E-state index in [2.05, 4.69) is 25.2 Å². The van der Waals surface area contributed by atoms with Crippen LogP contribution >= 0.6 is 0 Å². The summed E-state index contributed by atoms with van der Waals surface area (Å²) in [5.74, 6) is 0.949. The van der Waals surface area contributed by atoms with Crippen molar-refractivity contribution in [2.75, 3.05) is 19.5 Å². The summed E-state index contributed by atoms with van der Waals surface area (Å²) in [5, 5.41) is 10.6. The van der Waals surface area contributed by atoms with Gasteiger partial charge in [0.2, 0.25) is 5.95 Å². The van der Waals surface area contributed by atoms with Crippen molar-refractivity contribution in [3.63, 3.8) is 0 Å². The van der Waals surface area contributed by atoms with Gasteiger partial charge in [-0.15, -0.1) is 18.3 Å². The summed E-state index contributed by atoms with van der Waals surface area (Å²) in [6.07, 6.45) is -3.31. The Labute approximate surface area is 164 Å². The van der Waals surface area contributed by atoms with E-state index in [1.165, 1.54) is 38.6 Å². The van der Waals surface area contributed by atoms with E-state index >= 15 is 0 Å². The van der Waals surface area contributed by atoms with Crippen LogP contribution in [0.3, 0.4) is 0 Å². The van der Waals surface area contributed by atoms with Crippen LogP contribution in [-0.4, -0.2) is 35.8 Å². The molecule has 0 bridgehead atoms. The van der Waals surface area contributed by atoms with Gasteiger partial charge in [-0.1, -0.05) is 18.2 Å². The van der Waals surface area contributed by atoms with Crippen molar-refractivity contribution in [1.82, 2.24) is 15.2 Å². The number of hydrogen-bond donors (Lipinski definition) is 1. The third-order valence-electron chi connectivity index (χ3n) is 3.87. The van der Waals surface area contributed by atoms with Gasteiger partial charge in [-0.2, -0.15) is 5.10 Å². The largest absolute Gasteiger partial charge is 0.573 e. The number of methoxy groups -OCH3 is 2. The van der Waals surface area contributed by atoms with Crippen LogP contribution in [0.15, 0.2) is 48.7 Å². The number of nitrogens with zero attached hydrogens (tertiary/aromatic N) is 3. The fourth-order valence-electron chi connectivity index (χ4n) is 2.56. The van der Waals surface area contributed by atoms with E-state index in [0.717, 1.165) is 0 Å². The van der Waals surface area contributed by atoms with Crippen LogP contribution in [0.25, 0.3) is 11.3 Å². The van der Waals surface area contributed by atoms with Crippen molar-refractivity contribution in [2.45, 2.75) is 12.9 Å². The molecule has 3 aromatic rings. The molecule has 2 aromatic carbocycles. The first-order valence-electron chi connectivity index (χ1n) is 8.39. The monoisotopic (exact) mass is 406 g/mol. The second-order valence-electron chi connectivity index (χ2n) is 5.74. The maximum Gasteiger partial charge on any atom is 0.573 e. The van der Waals surface area contributed by atoms with E-state index in [4.69, 9.17) is 9.47 Å². The van der Waals surface area contributed by atoms with E-state index in [0.29, 0.717) is 28.3 Å². The van der Waals surface area contributed by atoms with E-state index in [1.807, 2.05) is 0 Å². The Bertz CT molecular complexity index is 983. The fourth-order valence-corrected chi connectivity index (χ4v) is 2.56. The summed E-state index contributed by atoms with van der Waals surface area (Å²) in [4.78, 5) is 4.35. The lowest BCUT2D eigenvalue weighted by Gasteiger charge is -2.13. The molecule has 29 heavy (non-hydrogen) atoms. The average Bonchev–Trinajstić information content (AvgIpc) is 2.71. The van der Waals surface area contributed by atoms with E-state index in [-0.39, 0.29) is 18.2 Å². The molecule has 0 aliphatic heterocycles. The third kappa shape index (κ3) is 5.24. The summed E-state index contributed by atoms with van der Waals surface area (Å²) < 4.78 is 52.2. The maximum atomic E-state index is 12.5. The molecule has 0 saturated carbocycles. The van der Waals surface area contributed by atoms with Gasteiger partial charge in [0, 0.05) is 17.7 Å². The third-order valence-corrected chi connectivity index (χ3v) is 3.87.